The van der Waals surface area contributed by atoms with Crippen LogP contribution in [0.1, 0.15) is 23.3 Å². The van der Waals surface area contributed by atoms with E-state index in [0.717, 1.165) is 25.9 Å². The molecule has 7 heteroatoms. The lowest BCUT2D eigenvalue weighted by Gasteiger charge is -2.23. The molecule has 0 bridgehead atoms. The topological polar surface area (TPSA) is 59.0 Å². The number of carbonyl (C=O) groups excluding carboxylic acids is 1. The Balaban J connectivity index is 0.00000128. The molecule has 2 rings (SSSR count). The molecule has 1 aromatic rings. The Morgan fingerprint density at radius 1 is 1.59 bits per heavy atom. The molecule has 0 aliphatic carbocycles. The predicted octanol–water partition coefficient (Wildman–Crippen LogP) is 0.745. The molecule has 5 nitrogen and oxygen atoms in total. The molecular weight excluding hydrogens is 263 g/mol. The van der Waals surface area contributed by atoms with Crippen LogP contribution in [-0.4, -0.2) is 34.8 Å². The summed E-state index contributed by atoms with van der Waals surface area (Å²) in [5.74, 6) is -0.0382. The number of hydrogen-bond donors (Lipinski definition) is 2. The van der Waals surface area contributed by atoms with Crippen molar-refractivity contribution in [3.8, 4) is 0 Å². The third kappa shape index (κ3) is 4.18. The molecule has 17 heavy (non-hydrogen) atoms. The molecule has 1 fully saturated rings. The molecule has 0 spiro atoms. The SMILES string of the molecule is Cl.Cl.Cn1nccc1C(=O)NC1CCCNC1. The van der Waals surface area contributed by atoms with E-state index in [9.17, 15) is 4.79 Å². The third-order valence-corrected chi connectivity index (χ3v) is 2.69. The van der Waals surface area contributed by atoms with Gasteiger partial charge in [0.25, 0.3) is 5.91 Å². The van der Waals surface area contributed by atoms with E-state index in [0.29, 0.717) is 5.69 Å². The Hall–Kier alpha value is -0.780. The molecule has 2 heterocycles. The van der Waals surface area contributed by atoms with Gasteiger partial charge in [0.1, 0.15) is 5.69 Å². The minimum Gasteiger partial charge on any atom is -0.347 e. The number of piperidine rings is 1. The van der Waals surface area contributed by atoms with E-state index in [-0.39, 0.29) is 36.8 Å². The summed E-state index contributed by atoms with van der Waals surface area (Å²) < 4.78 is 1.59. The van der Waals surface area contributed by atoms with Gasteiger partial charge in [0.15, 0.2) is 0 Å². The number of nitrogens with zero attached hydrogens (tertiary/aromatic N) is 2. The van der Waals surface area contributed by atoms with Crippen LogP contribution in [0.2, 0.25) is 0 Å². The summed E-state index contributed by atoms with van der Waals surface area (Å²) in [6.07, 6.45) is 3.81. The van der Waals surface area contributed by atoms with Gasteiger partial charge in [0, 0.05) is 25.8 Å². The third-order valence-electron chi connectivity index (χ3n) is 2.69. The molecule has 1 aliphatic rings. The monoisotopic (exact) mass is 280 g/mol. The summed E-state index contributed by atoms with van der Waals surface area (Å²) in [6.45, 7) is 1.92. The van der Waals surface area contributed by atoms with E-state index in [1.165, 1.54) is 0 Å². The summed E-state index contributed by atoms with van der Waals surface area (Å²) in [6, 6.07) is 1.98. The van der Waals surface area contributed by atoms with Gasteiger partial charge in [-0.1, -0.05) is 0 Å². The van der Waals surface area contributed by atoms with Gasteiger partial charge in [-0.25, -0.2) is 0 Å². The van der Waals surface area contributed by atoms with Crippen LogP contribution in [0.15, 0.2) is 12.3 Å². The Bertz CT molecular complexity index is 350. The zero-order valence-corrected chi connectivity index (χ0v) is 11.3. The summed E-state index contributed by atoms with van der Waals surface area (Å²) in [7, 11) is 1.77. The van der Waals surface area contributed by atoms with Crippen molar-refractivity contribution < 1.29 is 4.79 Å². The van der Waals surface area contributed by atoms with Crippen LogP contribution in [0.4, 0.5) is 0 Å². The van der Waals surface area contributed by atoms with Crippen molar-refractivity contribution in [1.82, 2.24) is 20.4 Å². The second-order valence-corrected chi connectivity index (χ2v) is 3.86. The fourth-order valence-electron chi connectivity index (χ4n) is 1.83. The van der Waals surface area contributed by atoms with Crippen LogP contribution in [0.25, 0.3) is 0 Å². The zero-order valence-electron chi connectivity index (χ0n) is 9.68. The van der Waals surface area contributed by atoms with Gasteiger partial charge in [-0.15, -0.1) is 24.8 Å². The fraction of sp³-hybridized carbons (Fsp3) is 0.600. The van der Waals surface area contributed by atoms with E-state index in [4.69, 9.17) is 0 Å². The summed E-state index contributed by atoms with van der Waals surface area (Å²) in [5.41, 5.74) is 0.612. The molecular formula is C10H18Cl2N4O. The predicted molar refractivity (Wildman–Crippen MR) is 71.1 cm³/mol. The number of halogens is 2. The largest absolute Gasteiger partial charge is 0.347 e. The maximum absolute atomic E-state index is 11.8. The first-order valence-corrected chi connectivity index (χ1v) is 5.27. The van der Waals surface area contributed by atoms with Gasteiger partial charge < -0.3 is 10.6 Å². The number of aryl methyl sites for hydroxylation is 1. The van der Waals surface area contributed by atoms with E-state index < -0.39 is 0 Å². The van der Waals surface area contributed by atoms with E-state index in [2.05, 4.69) is 15.7 Å². The van der Waals surface area contributed by atoms with Crippen LogP contribution in [0, 0.1) is 0 Å². The Kier molecular flexibility index (Phi) is 7.18. The highest BCUT2D eigenvalue weighted by molar-refractivity contribution is 5.92. The summed E-state index contributed by atoms with van der Waals surface area (Å²) in [4.78, 5) is 11.8. The lowest BCUT2D eigenvalue weighted by molar-refractivity contribution is 0.0921. The molecule has 1 atom stereocenters. The van der Waals surface area contributed by atoms with Gasteiger partial charge in [0.05, 0.1) is 0 Å². The highest BCUT2D eigenvalue weighted by atomic mass is 35.5. The smallest absolute Gasteiger partial charge is 0.269 e. The highest BCUT2D eigenvalue weighted by Gasteiger charge is 2.17. The van der Waals surface area contributed by atoms with Crippen LogP contribution in [-0.2, 0) is 7.05 Å². The number of aromatic nitrogens is 2. The van der Waals surface area contributed by atoms with Crippen molar-refractivity contribution in [3.05, 3.63) is 18.0 Å². The van der Waals surface area contributed by atoms with Crippen molar-refractivity contribution in [3.63, 3.8) is 0 Å². The second kappa shape index (κ2) is 7.53. The molecule has 0 radical (unpaired) electrons. The number of hydrogen-bond acceptors (Lipinski definition) is 3. The van der Waals surface area contributed by atoms with E-state index in [1.54, 1.807) is 24.0 Å². The van der Waals surface area contributed by atoms with Crippen LogP contribution in [0.5, 0.6) is 0 Å². The van der Waals surface area contributed by atoms with Crippen molar-refractivity contribution in [1.29, 1.82) is 0 Å². The van der Waals surface area contributed by atoms with Gasteiger partial charge in [-0.3, -0.25) is 9.48 Å². The van der Waals surface area contributed by atoms with Crippen molar-refractivity contribution in [2.75, 3.05) is 13.1 Å². The number of amides is 1. The molecule has 1 saturated heterocycles. The average molecular weight is 281 g/mol. The molecule has 2 N–H and O–H groups in total. The Labute approximate surface area is 113 Å². The molecule has 1 aliphatic heterocycles. The first-order valence-electron chi connectivity index (χ1n) is 5.27. The lowest BCUT2D eigenvalue weighted by Crippen LogP contribution is -2.46. The standard InChI is InChI=1S/C10H16N4O.2ClH/c1-14-9(4-6-12-14)10(15)13-8-3-2-5-11-7-8;;/h4,6,8,11H,2-3,5,7H2,1H3,(H,13,15);2*1H. The maximum Gasteiger partial charge on any atom is 0.269 e. The van der Waals surface area contributed by atoms with Crippen molar-refractivity contribution >= 4 is 30.7 Å². The first-order chi connectivity index (χ1) is 7.27. The minimum atomic E-state index is -0.0382. The van der Waals surface area contributed by atoms with E-state index >= 15 is 0 Å². The maximum atomic E-state index is 11.8. The Morgan fingerprint density at radius 3 is 2.88 bits per heavy atom. The van der Waals surface area contributed by atoms with Crippen LogP contribution >= 0.6 is 24.8 Å². The summed E-state index contributed by atoms with van der Waals surface area (Å²) >= 11 is 0. The number of carbonyl (C=O) groups is 1. The number of rotatable bonds is 2. The molecule has 1 aromatic heterocycles. The van der Waals surface area contributed by atoms with Gasteiger partial charge >= 0.3 is 0 Å². The second-order valence-electron chi connectivity index (χ2n) is 3.86. The van der Waals surface area contributed by atoms with Crippen molar-refractivity contribution in [2.24, 2.45) is 7.05 Å². The Morgan fingerprint density at radius 2 is 2.35 bits per heavy atom. The highest BCUT2D eigenvalue weighted by Crippen LogP contribution is 2.03. The lowest BCUT2D eigenvalue weighted by atomic mass is 10.1. The molecule has 1 unspecified atom stereocenters. The molecule has 0 aromatic carbocycles. The summed E-state index contributed by atoms with van der Waals surface area (Å²) in [5, 5.41) is 10.2. The molecule has 98 valence electrons. The van der Waals surface area contributed by atoms with Gasteiger partial charge in [-0.2, -0.15) is 5.10 Å². The fourth-order valence-corrected chi connectivity index (χ4v) is 1.83. The molecule has 1 amide bonds. The average Bonchev–Trinajstić information content (AvgIpc) is 2.66. The molecule has 0 saturated carbocycles. The van der Waals surface area contributed by atoms with Crippen LogP contribution in [0.3, 0.4) is 0 Å². The van der Waals surface area contributed by atoms with E-state index in [1.807, 2.05) is 0 Å². The quantitative estimate of drug-likeness (QED) is 0.841. The van der Waals surface area contributed by atoms with Gasteiger partial charge in [0.2, 0.25) is 0 Å². The first kappa shape index (κ1) is 16.2. The van der Waals surface area contributed by atoms with Crippen LogP contribution < -0.4 is 10.6 Å². The normalized spacial score (nSPS) is 18.8. The zero-order chi connectivity index (χ0) is 10.7. The minimum absolute atomic E-state index is 0. The van der Waals surface area contributed by atoms with Crippen molar-refractivity contribution in [2.45, 2.75) is 18.9 Å². The number of nitrogens with one attached hydrogen (secondary N) is 2. The van der Waals surface area contributed by atoms with Gasteiger partial charge in [-0.05, 0) is 25.5 Å².